The third-order valence-corrected chi connectivity index (χ3v) is 4.49. The number of aromatic amines is 1. The summed E-state index contributed by atoms with van der Waals surface area (Å²) in [7, 11) is 2.78. The Morgan fingerprint density at radius 1 is 1.33 bits per heavy atom. The molecule has 0 radical (unpaired) electrons. The number of hydrogen-bond donors (Lipinski definition) is 4. The van der Waals surface area contributed by atoms with Crippen molar-refractivity contribution in [1.82, 2.24) is 9.97 Å². The Labute approximate surface area is 156 Å². The van der Waals surface area contributed by atoms with Gasteiger partial charge in [-0.2, -0.15) is 0 Å². The highest BCUT2D eigenvalue weighted by atomic mass is 16.5. The molecule has 0 spiro atoms. The normalized spacial score (nSPS) is 19.9. The standard InChI is InChI=1S/C18H23N5O4/c1-26-15-5-3-4-12(19)16-20-9-14(22-16)11-7-6-10(21-18(25)27-2)8-13(11)23-17(15)24/h6-9,12,15H,3-5,19H2,1-2H3,(H,20,22)(H,21,25)(H,23,24)/t12-,15?/m0/s1. The summed E-state index contributed by atoms with van der Waals surface area (Å²) in [6.07, 6.45) is 2.51. The lowest BCUT2D eigenvalue weighted by Gasteiger charge is -2.19. The Balaban J connectivity index is 2.03. The fraction of sp³-hybridized carbons (Fsp3) is 0.389. The molecule has 9 heteroatoms. The predicted molar refractivity (Wildman–Crippen MR) is 100 cm³/mol. The van der Waals surface area contributed by atoms with E-state index in [1.165, 1.54) is 14.2 Å². The number of H-pyrrole nitrogens is 1. The third-order valence-electron chi connectivity index (χ3n) is 4.49. The highest BCUT2D eigenvalue weighted by molar-refractivity contribution is 5.99. The summed E-state index contributed by atoms with van der Waals surface area (Å²) < 4.78 is 9.95. The summed E-state index contributed by atoms with van der Waals surface area (Å²) in [6, 6.07) is 4.87. The van der Waals surface area contributed by atoms with Crippen molar-refractivity contribution >= 4 is 23.4 Å². The number of carbonyl (C=O) groups excluding carboxylic acids is 2. The van der Waals surface area contributed by atoms with Crippen LogP contribution in [0.4, 0.5) is 16.2 Å². The number of methoxy groups -OCH3 is 2. The second-order valence-corrected chi connectivity index (χ2v) is 6.30. The summed E-state index contributed by atoms with van der Waals surface area (Å²) in [6.45, 7) is 0. The number of carbonyl (C=O) groups is 2. The molecule has 0 aliphatic carbocycles. The van der Waals surface area contributed by atoms with Crippen molar-refractivity contribution < 1.29 is 19.1 Å². The van der Waals surface area contributed by atoms with Crippen molar-refractivity contribution in [3.05, 3.63) is 30.2 Å². The van der Waals surface area contributed by atoms with E-state index in [9.17, 15) is 9.59 Å². The number of anilines is 2. The van der Waals surface area contributed by atoms with Crippen molar-refractivity contribution in [2.24, 2.45) is 5.73 Å². The number of amides is 2. The van der Waals surface area contributed by atoms with Gasteiger partial charge < -0.3 is 25.5 Å². The van der Waals surface area contributed by atoms with Gasteiger partial charge in [0.25, 0.3) is 5.91 Å². The first-order valence-corrected chi connectivity index (χ1v) is 8.65. The van der Waals surface area contributed by atoms with E-state index in [-0.39, 0.29) is 11.9 Å². The molecule has 2 heterocycles. The van der Waals surface area contributed by atoms with Gasteiger partial charge in [-0.15, -0.1) is 0 Å². The second-order valence-electron chi connectivity index (χ2n) is 6.30. The van der Waals surface area contributed by atoms with Crippen LogP contribution in [0.25, 0.3) is 11.3 Å². The van der Waals surface area contributed by atoms with E-state index in [0.717, 1.165) is 6.42 Å². The van der Waals surface area contributed by atoms with Crippen LogP contribution < -0.4 is 16.4 Å². The Morgan fingerprint density at radius 2 is 2.15 bits per heavy atom. The molecule has 1 aromatic carbocycles. The number of aromatic nitrogens is 2. The zero-order valence-electron chi connectivity index (χ0n) is 15.2. The average molecular weight is 373 g/mol. The minimum atomic E-state index is -0.600. The van der Waals surface area contributed by atoms with Crippen LogP contribution in [0.2, 0.25) is 0 Å². The van der Waals surface area contributed by atoms with Gasteiger partial charge in [-0.3, -0.25) is 10.1 Å². The molecular weight excluding hydrogens is 350 g/mol. The summed E-state index contributed by atoms with van der Waals surface area (Å²) in [4.78, 5) is 31.8. The number of nitrogens with zero attached hydrogens (tertiary/aromatic N) is 1. The van der Waals surface area contributed by atoms with Crippen LogP contribution in [0.15, 0.2) is 24.4 Å². The SMILES string of the molecule is COC(=O)Nc1ccc2c(c1)NC(=O)C(OC)CCC[C@H](N)c1nc-2c[nH]1. The van der Waals surface area contributed by atoms with E-state index in [4.69, 9.17) is 10.5 Å². The largest absolute Gasteiger partial charge is 0.453 e. The highest BCUT2D eigenvalue weighted by Gasteiger charge is 2.22. The first-order chi connectivity index (χ1) is 13.0. The fourth-order valence-corrected chi connectivity index (χ4v) is 3.01. The maximum atomic E-state index is 12.7. The number of benzene rings is 1. The lowest BCUT2D eigenvalue weighted by Crippen LogP contribution is -2.30. The van der Waals surface area contributed by atoms with Gasteiger partial charge in [0.15, 0.2) is 0 Å². The monoisotopic (exact) mass is 373 g/mol. The number of hydrogen-bond acceptors (Lipinski definition) is 6. The summed E-state index contributed by atoms with van der Waals surface area (Å²) in [5, 5.41) is 5.46. The smallest absolute Gasteiger partial charge is 0.411 e. The van der Waals surface area contributed by atoms with Crippen LogP contribution in [0.3, 0.4) is 0 Å². The van der Waals surface area contributed by atoms with Gasteiger partial charge in [-0.1, -0.05) is 0 Å². The van der Waals surface area contributed by atoms with Gasteiger partial charge in [-0.25, -0.2) is 9.78 Å². The maximum absolute atomic E-state index is 12.7. The molecule has 9 nitrogen and oxygen atoms in total. The van der Waals surface area contributed by atoms with Gasteiger partial charge in [0, 0.05) is 24.6 Å². The lowest BCUT2D eigenvalue weighted by atomic mass is 10.0. The van der Waals surface area contributed by atoms with Gasteiger partial charge in [0.1, 0.15) is 11.9 Å². The van der Waals surface area contributed by atoms with E-state index in [1.807, 2.05) is 0 Å². The van der Waals surface area contributed by atoms with E-state index in [2.05, 4.69) is 25.3 Å². The molecule has 0 saturated heterocycles. The summed E-state index contributed by atoms with van der Waals surface area (Å²) in [5.74, 6) is 0.424. The van der Waals surface area contributed by atoms with Crippen molar-refractivity contribution in [3.8, 4) is 11.3 Å². The first kappa shape index (κ1) is 18.9. The number of nitrogens with one attached hydrogen (secondary N) is 3. The van der Waals surface area contributed by atoms with Crippen LogP contribution in [0.5, 0.6) is 0 Å². The molecule has 1 unspecified atom stereocenters. The topological polar surface area (TPSA) is 131 Å². The highest BCUT2D eigenvalue weighted by Crippen LogP contribution is 2.31. The van der Waals surface area contributed by atoms with Crippen LogP contribution in [-0.4, -0.2) is 42.3 Å². The Bertz CT molecular complexity index is 835. The number of fused-ring (bicyclic) bond motifs is 4. The van der Waals surface area contributed by atoms with E-state index in [1.54, 1.807) is 24.4 Å². The zero-order valence-corrected chi connectivity index (χ0v) is 15.2. The molecule has 0 saturated carbocycles. The molecule has 1 aliphatic rings. The molecule has 144 valence electrons. The number of imidazole rings is 1. The number of rotatable bonds is 2. The molecule has 2 bridgehead atoms. The number of ether oxygens (including phenoxy) is 2. The van der Waals surface area contributed by atoms with Crippen molar-refractivity contribution in [3.63, 3.8) is 0 Å². The quantitative estimate of drug-likeness (QED) is 0.639. The lowest BCUT2D eigenvalue weighted by molar-refractivity contribution is -0.126. The zero-order chi connectivity index (χ0) is 19.4. The first-order valence-electron chi connectivity index (χ1n) is 8.65. The molecule has 2 atom stereocenters. The summed E-state index contributed by atoms with van der Waals surface area (Å²) in [5.41, 5.74) is 8.53. The molecule has 1 aromatic heterocycles. The Kier molecular flexibility index (Phi) is 5.72. The second kappa shape index (κ2) is 8.19. The maximum Gasteiger partial charge on any atom is 0.411 e. The van der Waals surface area contributed by atoms with Crippen LogP contribution in [0.1, 0.15) is 31.1 Å². The molecule has 2 amide bonds. The Morgan fingerprint density at radius 3 is 2.89 bits per heavy atom. The number of nitrogens with two attached hydrogens (primary N) is 1. The summed E-state index contributed by atoms with van der Waals surface area (Å²) >= 11 is 0. The van der Waals surface area contributed by atoms with Crippen molar-refractivity contribution in [1.29, 1.82) is 0 Å². The fourth-order valence-electron chi connectivity index (χ4n) is 3.01. The minimum Gasteiger partial charge on any atom is -0.453 e. The molecule has 2 aromatic rings. The third kappa shape index (κ3) is 4.26. The molecule has 5 N–H and O–H groups in total. The van der Waals surface area contributed by atoms with Gasteiger partial charge >= 0.3 is 6.09 Å². The van der Waals surface area contributed by atoms with Crippen LogP contribution >= 0.6 is 0 Å². The van der Waals surface area contributed by atoms with Crippen LogP contribution in [-0.2, 0) is 14.3 Å². The van der Waals surface area contributed by atoms with E-state index < -0.39 is 12.2 Å². The van der Waals surface area contributed by atoms with E-state index >= 15 is 0 Å². The molecule has 27 heavy (non-hydrogen) atoms. The van der Waals surface area contributed by atoms with Gasteiger partial charge in [-0.05, 0) is 37.5 Å². The van der Waals surface area contributed by atoms with Gasteiger partial charge in [0.05, 0.1) is 24.5 Å². The van der Waals surface area contributed by atoms with E-state index in [0.29, 0.717) is 41.3 Å². The van der Waals surface area contributed by atoms with Crippen molar-refractivity contribution in [2.75, 3.05) is 24.9 Å². The molecular formula is C18H23N5O4. The Hall–Kier alpha value is -2.91. The molecule has 1 aliphatic heterocycles. The van der Waals surface area contributed by atoms with Crippen LogP contribution in [0, 0.1) is 0 Å². The average Bonchev–Trinajstić information content (AvgIpc) is 3.14. The predicted octanol–water partition coefficient (Wildman–Crippen LogP) is 2.39. The molecule has 3 rings (SSSR count). The van der Waals surface area contributed by atoms with Crippen molar-refractivity contribution in [2.45, 2.75) is 31.4 Å². The van der Waals surface area contributed by atoms with Gasteiger partial charge in [0.2, 0.25) is 0 Å². The molecule has 0 fully saturated rings. The minimum absolute atomic E-state index is 0.248.